The predicted octanol–water partition coefficient (Wildman–Crippen LogP) is 6.21. The number of hydrogen-bond acceptors (Lipinski definition) is 8. The summed E-state index contributed by atoms with van der Waals surface area (Å²) in [6, 6.07) is 24.6. The molecule has 0 saturated carbocycles. The smallest absolute Gasteiger partial charge is 0.323 e. The molecule has 2 amide bonds. The van der Waals surface area contributed by atoms with Gasteiger partial charge in [-0.1, -0.05) is 18.2 Å². The van der Waals surface area contributed by atoms with E-state index in [2.05, 4.69) is 39.7 Å². The Labute approximate surface area is 282 Å². The minimum absolute atomic E-state index is 0.283. The van der Waals surface area contributed by atoms with E-state index in [1.54, 1.807) is 6.33 Å². The van der Waals surface area contributed by atoms with E-state index in [1.165, 1.54) is 35.3 Å². The van der Waals surface area contributed by atoms with Crippen LogP contribution in [0.3, 0.4) is 0 Å². The summed E-state index contributed by atoms with van der Waals surface area (Å²) in [6.07, 6.45) is 9.46. The lowest BCUT2D eigenvalue weighted by molar-refractivity contribution is 0.262. The highest BCUT2D eigenvalue weighted by Crippen LogP contribution is 2.37. The minimum Gasteiger partial charge on any atom is -0.399 e. The SMILES string of the molecule is Nc1ccc(-n2c3c(c4ncnc(N)c42)CCC3)cc1.Nc1ncnc2c3c(n(-c4ccc(NC(=O)Nc5ccccc5)cc4)c12)CCC3. The Kier molecular flexibility index (Phi) is 7.52. The number of aryl methyl sites for hydroxylation is 2. The standard InChI is InChI=1S/C22H20N6O.C15H15N5/c23-21-20-19(24-13-25-21)17-7-4-8-18(17)28(20)16-11-9-15(10-12-16)27-22(29)26-14-5-2-1-3-6-14;16-9-4-6-10(7-5-9)20-12-3-1-2-11(12)13-14(20)15(17)19-8-18-13/h1-3,5-6,9-13H,4,7-8H2,(H2,23,24,25)(H2,26,27,29);4-8H,1-3,16H2,(H2,17,18,19). The van der Waals surface area contributed by atoms with Crippen molar-refractivity contribution in [2.75, 3.05) is 27.8 Å². The normalized spacial score (nSPS) is 13.1. The molecule has 12 nitrogen and oxygen atoms in total. The lowest BCUT2D eigenvalue weighted by Gasteiger charge is -2.12. The van der Waals surface area contributed by atoms with Gasteiger partial charge in [-0.2, -0.15) is 0 Å². The molecule has 3 aromatic carbocycles. The van der Waals surface area contributed by atoms with Crippen molar-refractivity contribution < 1.29 is 4.79 Å². The van der Waals surface area contributed by atoms with Gasteiger partial charge in [-0.15, -0.1) is 0 Å². The number of hydrogen-bond donors (Lipinski definition) is 5. The Morgan fingerprint density at radius 3 is 1.55 bits per heavy atom. The van der Waals surface area contributed by atoms with Crippen LogP contribution in [0.5, 0.6) is 0 Å². The van der Waals surface area contributed by atoms with E-state index in [9.17, 15) is 4.79 Å². The highest BCUT2D eigenvalue weighted by Gasteiger charge is 2.26. The molecule has 0 atom stereocenters. The molecule has 49 heavy (non-hydrogen) atoms. The number of nitrogens with zero attached hydrogens (tertiary/aromatic N) is 6. The zero-order chi connectivity index (χ0) is 33.5. The van der Waals surface area contributed by atoms with Crippen molar-refractivity contribution in [3.63, 3.8) is 0 Å². The van der Waals surface area contributed by atoms with Crippen molar-refractivity contribution in [2.24, 2.45) is 0 Å². The first-order chi connectivity index (χ1) is 24.0. The number of nitrogen functional groups attached to an aromatic ring is 3. The molecule has 0 unspecified atom stereocenters. The lowest BCUT2D eigenvalue weighted by atomic mass is 10.2. The highest BCUT2D eigenvalue weighted by atomic mass is 16.2. The third kappa shape index (κ3) is 5.42. The van der Waals surface area contributed by atoms with Gasteiger partial charge in [0, 0.05) is 39.8 Å². The Hall–Kier alpha value is -6.43. The van der Waals surface area contributed by atoms with Gasteiger partial charge in [-0.05, 0) is 110 Å². The Morgan fingerprint density at radius 1 is 0.571 bits per heavy atom. The summed E-state index contributed by atoms with van der Waals surface area (Å²) in [6.45, 7) is 0. The van der Waals surface area contributed by atoms with Crippen molar-refractivity contribution in [1.29, 1.82) is 0 Å². The fourth-order valence-electron chi connectivity index (χ4n) is 7.10. The Morgan fingerprint density at radius 2 is 1.04 bits per heavy atom. The monoisotopic (exact) mass is 649 g/mol. The van der Waals surface area contributed by atoms with Crippen LogP contribution in [-0.4, -0.2) is 35.1 Å². The van der Waals surface area contributed by atoms with Gasteiger partial charge in [0.1, 0.15) is 23.7 Å². The van der Waals surface area contributed by atoms with E-state index < -0.39 is 0 Å². The second-order valence-corrected chi connectivity index (χ2v) is 12.2. The van der Waals surface area contributed by atoms with Gasteiger partial charge in [0.15, 0.2) is 11.6 Å². The van der Waals surface area contributed by atoms with Crippen LogP contribution >= 0.6 is 0 Å². The maximum Gasteiger partial charge on any atom is 0.323 e. The van der Waals surface area contributed by atoms with Crippen molar-refractivity contribution >= 4 is 56.8 Å². The van der Waals surface area contributed by atoms with E-state index in [1.807, 2.05) is 78.9 Å². The third-order valence-electron chi connectivity index (χ3n) is 9.20. The lowest BCUT2D eigenvalue weighted by Crippen LogP contribution is -2.19. The molecule has 0 radical (unpaired) electrons. The fourth-order valence-corrected chi connectivity index (χ4v) is 7.10. The predicted molar refractivity (Wildman–Crippen MR) is 194 cm³/mol. The average Bonchev–Trinajstić information content (AvgIpc) is 3.89. The number of para-hydroxylation sites is 1. The van der Waals surface area contributed by atoms with Gasteiger partial charge in [0.2, 0.25) is 0 Å². The van der Waals surface area contributed by atoms with Crippen LogP contribution in [0.25, 0.3) is 33.4 Å². The van der Waals surface area contributed by atoms with Crippen LogP contribution in [0.2, 0.25) is 0 Å². The average molecular weight is 650 g/mol. The second-order valence-electron chi connectivity index (χ2n) is 12.2. The molecule has 12 heteroatoms. The molecule has 7 aromatic rings. The summed E-state index contributed by atoms with van der Waals surface area (Å²) in [4.78, 5) is 29.5. The van der Waals surface area contributed by atoms with Gasteiger partial charge in [0.05, 0.1) is 11.0 Å². The zero-order valence-corrected chi connectivity index (χ0v) is 26.7. The summed E-state index contributed by atoms with van der Waals surface area (Å²) in [5.74, 6) is 1.01. The van der Waals surface area contributed by atoms with Gasteiger partial charge < -0.3 is 37.0 Å². The van der Waals surface area contributed by atoms with Crippen LogP contribution in [0, 0.1) is 0 Å². The number of fused-ring (bicyclic) bond motifs is 6. The number of aromatic nitrogens is 6. The molecule has 4 heterocycles. The molecule has 8 N–H and O–H groups in total. The Balaban J connectivity index is 0.000000152. The van der Waals surface area contributed by atoms with Crippen LogP contribution in [0.1, 0.15) is 35.4 Å². The third-order valence-corrected chi connectivity index (χ3v) is 9.20. The van der Waals surface area contributed by atoms with Crippen LogP contribution in [0.15, 0.2) is 91.5 Å². The van der Waals surface area contributed by atoms with E-state index in [0.717, 1.165) is 76.9 Å². The van der Waals surface area contributed by atoms with Gasteiger partial charge in [0.25, 0.3) is 0 Å². The van der Waals surface area contributed by atoms with Gasteiger partial charge in [-0.25, -0.2) is 24.7 Å². The van der Waals surface area contributed by atoms with Gasteiger partial charge >= 0.3 is 6.03 Å². The van der Waals surface area contributed by atoms with E-state index in [-0.39, 0.29) is 6.03 Å². The summed E-state index contributed by atoms with van der Waals surface area (Å²) in [5, 5.41) is 5.66. The molecule has 0 saturated heterocycles. The van der Waals surface area contributed by atoms with E-state index >= 15 is 0 Å². The largest absolute Gasteiger partial charge is 0.399 e. The van der Waals surface area contributed by atoms with Crippen molar-refractivity contribution in [3.8, 4) is 11.4 Å². The van der Waals surface area contributed by atoms with Crippen molar-refractivity contribution in [1.82, 2.24) is 29.1 Å². The first-order valence-corrected chi connectivity index (χ1v) is 16.3. The van der Waals surface area contributed by atoms with E-state index in [4.69, 9.17) is 17.2 Å². The molecule has 244 valence electrons. The number of anilines is 5. The molecule has 4 aromatic heterocycles. The number of carbonyl (C=O) groups excluding carboxylic acids is 1. The van der Waals surface area contributed by atoms with Gasteiger partial charge in [-0.3, -0.25) is 0 Å². The topological polar surface area (TPSA) is 181 Å². The summed E-state index contributed by atoms with van der Waals surface area (Å²) in [7, 11) is 0. The molecule has 2 aliphatic carbocycles. The number of carbonyl (C=O) groups is 1. The number of nitrogens with one attached hydrogen (secondary N) is 2. The number of nitrogens with two attached hydrogens (primary N) is 3. The maximum atomic E-state index is 12.2. The van der Waals surface area contributed by atoms with Crippen molar-refractivity contribution in [2.45, 2.75) is 38.5 Å². The van der Waals surface area contributed by atoms with Crippen LogP contribution in [-0.2, 0) is 25.7 Å². The number of amides is 2. The minimum atomic E-state index is -0.283. The van der Waals surface area contributed by atoms with Crippen LogP contribution in [0.4, 0.5) is 33.5 Å². The van der Waals surface area contributed by atoms with Crippen molar-refractivity contribution in [3.05, 3.63) is 114 Å². The molecule has 0 bridgehead atoms. The molecule has 0 aliphatic heterocycles. The molecule has 2 aliphatic rings. The highest BCUT2D eigenvalue weighted by molar-refractivity contribution is 6.00. The number of urea groups is 1. The fraction of sp³-hybridized carbons (Fsp3) is 0.162. The molecular weight excluding hydrogens is 614 g/mol. The van der Waals surface area contributed by atoms with E-state index in [0.29, 0.717) is 17.3 Å². The second kappa shape index (κ2) is 12.3. The summed E-state index contributed by atoms with van der Waals surface area (Å²) < 4.78 is 4.34. The zero-order valence-electron chi connectivity index (χ0n) is 26.7. The van der Waals surface area contributed by atoms with Crippen LogP contribution < -0.4 is 27.8 Å². The molecule has 0 spiro atoms. The first kappa shape index (κ1) is 29.9. The first-order valence-electron chi connectivity index (χ1n) is 16.3. The maximum absolute atomic E-state index is 12.2. The quantitative estimate of drug-likeness (QED) is 0.140. The number of benzene rings is 3. The molecule has 9 rings (SSSR count). The summed E-state index contributed by atoms with van der Waals surface area (Å²) >= 11 is 0. The molecular formula is C37H35N11O. The summed E-state index contributed by atoms with van der Waals surface area (Å²) in [5.41, 5.74) is 31.1. The number of rotatable bonds is 4. The Bertz CT molecular complexity index is 2330. The molecule has 0 fully saturated rings.